The van der Waals surface area contributed by atoms with Gasteiger partial charge in [-0.2, -0.15) is 15.0 Å². The summed E-state index contributed by atoms with van der Waals surface area (Å²) in [7, 11) is 1.55. The Labute approximate surface area is 120 Å². The van der Waals surface area contributed by atoms with Crippen molar-refractivity contribution in [3.05, 3.63) is 28.7 Å². The van der Waals surface area contributed by atoms with Crippen molar-refractivity contribution >= 4 is 21.9 Å². The lowest BCUT2D eigenvalue weighted by atomic mass is 10.2. The molecule has 0 atom stereocenters. The smallest absolute Gasteiger partial charge is 0.321 e. The molecule has 6 heteroatoms. The number of benzene rings is 1. The number of nitrogens with one attached hydrogen (secondary N) is 1. The number of ether oxygens (including phenoxy) is 1. The standard InChI is InChI=1S/C13H15BrN4O/c1-3-8-15-12-16-11(17-13(18-12)19-2)9-4-6-10(14)7-5-9/h4-7H,3,8H2,1-2H3,(H,15,16,17,18). The van der Waals surface area contributed by atoms with Gasteiger partial charge in [-0.15, -0.1) is 0 Å². The third kappa shape index (κ3) is 3.64. The molecule has 2 rings (SSSR count). The van der Waals surface area contributed by atoms with Crippen LogP contribution < -0.4 is 10.1 Å². The molecule has 0 aliphatic heterocycles. The van der Waals surface area contributed by atoms with E-state index in [9.17, 15) is 0 Å². The zero-order valence-corrected chi connectivity index (χ0v) is 12.4. The molecule has 0 radical (unpaired) electrons. The van der Waals surface area contributed by atoms with E-state index in [0.717, 1.165) is 23.0 Å². The molecule has 0 aliphatic rings. The fourth-order valence-corrected chi connectivity index (χ4v) is 1.76. The quantitative estimate of drug-likeness (QED) is 0.916. The highest BCUT2D eigenvalue weighted by molar-refractivity contribution is 9.10. The van der Waals surface area contributed by atoms with Gasteiger partial charge in [0.15, 0.2) is 5.82 Å². The molecule has 2 aromatic rings. The number of nitrogens with zero attached hydrogens (tertiary/aromatic N) is 3. The van der Waals surface area contributed by atoms with E-state index in [-0.39, 0.29) is 0 Å². The molecule has 1 aromatic carbocycles. The van der Waals surface area contributed by atoms with Crippen molar-refractivity contribution in [2.75, 3.05) is 19.0 Å². The molecule has 0 saturated heterocycles. The maximum absolute atomic E-state index is 5.11. The Morgan fingerprint density at radius 2 is 1.89 bits per heavy atom. The molecule has 0 fully saturated rings. The van der Waals surface area contributed by atoms with Crippen LogP contribution in [0.3, 0.4) is 0 Å². The van der Waals surface area contributed by atoms with Crippen LogP contribution in [0.25, 0.3) is 11.4 Å². The van der Waals surface area contributed by atoms with Gasteiger partial charge in [0.1, 0.15) is 0 Å². The Morgan fingerprint density at radius 1 is 1.16 bits per heavy atom. The van der Waals surface area contributed by atoms with Crippen LogP contribution in [0.5, 0.6) is 6.01 Å². The van der Waals surface area contributed by atoms with Crippen molar-refractivity contribution in [1.82, 2.24) is 15.0 Å². The third-order valence-corrected chi connectivity index (χ3v) is 2.96. The van der Waals surface area contributed by atoms with Gasteiger partial charge in [0.25, 0.3) is 0 Å². The predicted molar refractivity (Wildman–Crippen MR) is 78.3 cm³/mol. The number of anilines is 1. The molecule has 0 saturated carbocycles. The number of methoxy groups -OCH3 is 1. The zero-order chi connectivity index (χ0) is 13.7. The van der Waals surface area contributed by atoms with Gasteiger partial charge in [0.05, 0.1) is 7.11 Å². The van der Waals surface area contributed by atoms with Gasteiger partial charge in [-0.3, -0.25) is 0 Å². The maximum atomic E-state index is 5.11. The second-order valence-electron chi connectivity index (χ2n) is 3.90. The van der Waals surface area contributed by atoms with Crippen LogP contribution in [0, 0.1) is 0 Å². The van der Waals surface area contributed by atoms with Crippen LogP contribution in [0.15, 0.2) is 28.7 Å². The van der Waals surface area contributed by atoms with Crippen molar-refractivity contribution in [3.8, 4) is 17.4 Å². The van der Waals surface area contributed by atoms with Crippen LogP contribution >= 0.6 is 15.9 Å². The van der Waals surface area contributed by atoms with Gasteiger partial charge in [-0.1, -0.05) is 35.0 Å². The molecule has 1 aromatic heterocycles. The lowest BCUT2D eigenvalue weighted by Crippen LogP contribution is -2.07. The highest BCUT2D eigenvalue weighted by Crippen LogP contribution is 2.21. The Morgan fingerprint density at radius 3 is 2.53 bits per heavy atom. The van der Waals surface area contributed by atoms with Crippen molar-refractivity contribution in [1.29, 1.82) is 0 Å². The molecule has 1 N–H and O–H groups in total. The van der Waals surface area contributed by atoms with Crippen molar-refractivity contribution in [2.45, 2.75) is 13.3 Å². The van der Waals surface area contributed by atoms with E-state index in [2.05, 4.69) is 43.1 Å². The summed E-state index contributed by atoms with van der Waals surface area (Å²) < 4.78 is 6.12. The van der Waals surface area contributed by atoms with E-state index in [4.69, 9.17) is 4.74 Å². The van der Waals surface area contributed by atoms with Crippen molar-refractivity contribution in [2.24, 2.45) is 0 Å². The monoisotopic (exact) mass is 322 g/mol. The minimum absolute atomic E-state index is 0.312. The van der Waals surface area contributed by atoms with Gasteiger partial charge in [-0.05, 0) is 18.6 Å². The SMILES string of the molecule is CCCNc1nc(OC)nc(-c2ccc(Br)cc2)n1. The van der Waals surface area contributed by atoms with Crippen molar-refractivity contribution in [3.63, 3.8) is 0 Å². The molecule has 100 valence electrons. The van der Waals surface area contributed by atoms with Gasteiger partial charge in [-0.25, -0.2) is 0 Å². The first-order chi connectivity index (χ1) is 9.22. The van der Waals surface area contributed by atoms with E-state index in [1.54, 1.807) is 7.11 Å². The summed E-state index contributed by atoms with van der Waals surface area (Å²) in [6.45, 7) is 2.90. The van der Waals surface area contributed by atoms with E-state index >= 15 is 0 Å². The lowest BCUT2D eigenvalue weighted by Gasteiger charge is -2.07. The second kappa shape index (κ2) is 6.47. The number of hydrogen-bond acceptors (Lipinski definition) is 5. The number of hydrogen-bond donors (Lipinski definition) is 1. The van der Waals surface area contributed by atoms with Crippen molar-refractivity contribution < 1.29 is 4.74 Å². The molecular weight excluding hydrogens is 308 g/mol. The average molecular weight is 323 g/mol. The summed E-state index contributed by atoms with van der Waals surface area (Å²) in [5, 5.41) is 3.14. The van der Waals surface area contributed by atoms with Gasteiger partial charge >= 0.3 is 6.01 Å². The minimum atomic E-state index is 0.312. The Balaban J connectivity index is 2.35. The summed E-state index contributed by atoms with van der Waals surface area (Å²) in [5.41, 5.74) is 0.920. The normalized spacial score (nSPS) is 10.3. The van der Waals surface area contributed by atoms with Crippen LogP contribution in [0.1, 0.15) is 13.3 Å². The first-order valence-corrected chi connectivity index (χ1v) is 6.82. The topological polar surface area (TPSA) is 59.9 Å². The maximum Gasteiger partial charge on any atom is 0.321 e. The van der Waals surface area contributed by atoms with Gasteiger partial charge in [0, 0.05) is 16.6 Å². The highest BCUT2D eigenvalue weighted by atomic mass is 79.9. The summed E-state index contributed by atoms with van der Waals surface area (Å²) in [6.07, 6.45) is 1.00. The fraction of sp³-hybridized carbons (Fsp3) is 0.308. The summed E-state index contributed by atoms with van der Waals surface area (Å²) in [6, 6.07) is 8.10. The summed E-state index contributed by atoms with van der Waals surface area (Å²) >= 11 is 3.40. The largest absolute Gasteiger partial charge is 0.467 e. The molecule has 0 spiro atoms. The number of aromatic nitrogens is 3. The van der Waals surface area contributed by atoms with E-state index < -0.39 is 0 Å². The Bertz CT molecular complexity index is 545. The molecule has 1 heterocycles. The first kappa shape index (κ1) is 13.7. The van der Waals surface area contributed by atoms with Crippen LogP contribution in [0.2, 0.25) is 0 Å². The second-order valence-corrected chi connectivity index (χ2v) is 4.82. The van der Waals surface area contributed by atoms with Crippen LogP contribution in [0.4, 0.5) is 5.95 Å². The lowest BCUT2D eigenvalue weighted by molar-refractivity contribution is 0.379. The molecule has 0 bridgehead atoms. The summed E-state index contributed by atoms with van der Waals surface area (Å²) in [5.74, 6) is 1.13. The molecule has 5 nitrogen and oxygen atoms in total. The Kier molecular flexibility index (Phi) is 4.68. The molecule has 0 unspecified atom stereocenters. The van der Waals surface area contributed by atoms with Gasteiger partial charge < -0.3 is 10.1 Å². The van der Waals surface area contributed by atoms with Gasteiger partial charge in [0.2, 0.25) is 5.95 Å². The Hall–Kier alpha value is -1.69. The van der Waals surface area contributed by atoms with Crippen LogP contribution in [-0.4, -0.2) is 28.6 Å². The zero-order valence-electron chi connectivity index (χ0n) is 10.9. The molecule has 0 amide bonds. The van der Waals surface area contributed by atoms with E-state index in [1.165, 1.54) is 0 Å². The minimum Gasteiger partial charge on any atom is -0.467 e. The van der Waals surface area contributed by atoms with E-state index in [1.807, 2.05) is 24.3 Å². The average Bonchev–Trinajstić information content (AvgIpc) is 2.45. The highest BCUT2D eigenvalue weighted by Gasteiger charge is 2.08. The predicted octanol–water partition coefficient (Wildman–Crippen LogP) is 3.13. The van der Waals surface area contributed by atoms with E-state index in [0.29, 0.717) is 17.8 Å². The molecular formula is C13H15BrN4O. The number of halogens is 1. The first-order valence-electron chi connectivity index (χ1n) is 6.03. The third-order valence-electron chi connectivity index (χ3n) is 2.43. The molecule has 0 aliphatic carbocycles. The number of rotatable bonds is 5. The summed E-state index contributed by atoms with van der Waals surface area (Å²) in [4.78, 5) is 12.8. The fourth-order valence-electron chi connectivity index (χ4n) is 1.49. The van der Waals surface area contributed by atoms with Crippen LogP contribution in [-0.2, 0) is 0 Å². The molecule has 19 heavy (non-hydrogen) atoms.